The molecule has 4 aromatic carbocycles. The van der Waals surface area contributed by atoms with Gasteiger partial charge in [0.15, 0.2) is 12.2 Å². The van der Waals surface area contributed by atoms with E-state index in [9.17, 15) is 19.5 Å². The molecule has 0 spiro atoms. The van der Waals surface area contributed by atoms with Gasteiger partial charge in [-0.15, -0.1) is 0 Å². The van der Waals surface area contributed by atoms with Crippen LogP contribution in [0, 0.1) is 11.8 Å². The van der Waals surface area contributed by atoms with Gasteiger partial charge in [0.2, 0.25) is 0 Å². The first-order valence-electron chi connectivity index (χ1n) is 21.3. The van der Waals surface area contributed by atoms with E-state index in [4.69, 9.17) is 18.6 Å². The SMILES string of the molecule is CC(CO)=C1CCc2ccc(cc2)CC(CCc2cccc(Cc3ccccc3)c2)CC(=O)OC2c3c(ccc4ccc(=O)oc34)OC(C)(C3CCCCC3)C2OC1=O. The average Bonchev–Trinajstić information content (AvgIpc) is 3.24. The fraction of sp³-hybridized carbons (Fsp3) is 0.392. The highest BCUT2D eigenvalue weighted by Gasteiger charge is 2.56. The molecule has 306 valence electrons. The van der Waals surface area contributed by atoms with Gasteiger partial charge in [0.05, 0.1) is 12.2 Å². The van der Waals surface area contributed by atoms with Crippen LogP contribution in [0.15, 0.2) is 123 Å². The van der Waals surface area contributed by atoms with Gasteiger partial charge in [-0.3, -0.25) is 4.79 Å². The average molecular weight is 795 g/mol. The summed E-state index contributed by atoms with van der Waals surface area (Å²) in [6.07, 6.45) is 6.70. The third-order valence-electron chi connectivity index (χ3n) is 12.9. The van der Waals surface area contributed by atoms with Crippen LogP contribution in [-0.4, -0.2) is 35.4 Å². The van der Waals surface area contributed by atoms with Gasteiger partial charge < -0.3 is 23.7 Å². The van der Waals surface area contributed by atoms with Crippen LogP contribution in [0.5, 0.6) is 5.75 Å². The van der Waals surface area contributed by atoms with Gasteiger partial charge in [0, 0.05) is 29.4 Å². The van der Waals surface area contributed by atoms with Crippen molar-refractivity contribution in [2.24, 2.45) is 11.8 Å². The van der Waals surface area contributed by atoms with Crippen molar-refractivity contribution in [3.8, 4) is 5.75 Å². The van der Waals surface area contributed by atoms with Crippen molar-refractivity contribution in [1.29, 1.82) is 0 Å². The Balaban J connectivity index is 1.18. The van der Waals surface area contributed by atoms with Crippen molar-refractivity contribution in [3.63, 3.8) is 0 Å². The van der Waals surface area contributed by atoms with Crippen molar-refractivity contribution in [2.75, 3.05) is 6.61 Å². The molecule has 4 unspecified atom stereocenters. The minimum Gasteiger partial charge on any atom is -0.483 e. The number of ether oxygens (including phenoxy) is 3. The Hall–Kier alpha value is -5.47. The van der Waals surface area contributed by atoms with E-state index < -0.39 is 35.4 Å². The highest BCUT2D eigenvalue weighted by Crippen LogP contribution is 2.51. The first-order chi connectivity index (χ1) is 28.7. The number of aliphatic hydroxyl groups is 1. The van der Waals surface area contributed by atoms with Crippen LogP contribution >= 0.6 is 0 Å². The second kappa shape index (κ2) is 17.8. The van der Waals surface area contributed by atoms with Gasteiger partial charge >= 0.3 is 17.6 Å². The summed E-state index contributed by atoms with van der Waals surface area (Å²) in [7, 11) is 0. The highest BCUT2D eigenvalue weighted by atomic mass is 16.6. The molecule has 9 rings (SSSR count). The predicted molar refractivity (Wildman–Crippen MR) is 227 cm³/mol. The molecule has 5 aromatic rings. The lowest BCUT2D eigenvalue weighted by Gasteiger charge is -2.49. The van der Waals surface area contributed by atoms with Crippen LogP contribution in [0.4, 0.5) is 0 Å². The van der Waals surface area contributed by atoms with E-state index in [1.807, 2.05) is 25.1 Å². The maximum atomic E-state index is 14.6. The zero-order valence-electron chi connectivity index (χ0n) is 34.1. The summed E-state index contributed by atoms with van der Waals surface area (Å²) >= 11 is 0. The maximum Gasteiger partial charge on any atom is 0.336 e. The number of fused-ring (bicyclic) bond motifs is 13. The zero-order chi connectivity index (χ0) is 40.9. The molecule has 4 aliphatic rings. The number of carbonyl (C=O) groups is 2. The Labute approximate surface area is 346 Å². The van der Waals surface area contributed by atoms with Crippen LogP contribution in [0.25, 0.3) is 11.0 Å². The van der Waals surface area contributed by atoms with Crippen molar-refractivity contribution in [2.45, 2.75) is 109 Å². The fourth-order valence-electron chi connectivity index (χ4n) is 9.55. The Morgan fingerprint density at radius 2 is 1.49 bits per heavy atom. The van der Waals surface area contributed by atoms with Crippen molar-refractivity contribution in [1.82, 2.24) is 0 Å². The summed E-state index contributed by atoms with van der Waals surface area (Å²) in [5.41, 5.74) is 5.77. The first kappa shape index (κ1) is 40.3. The lowest BCUT2D eigenvalue weighted by Crippen LogP contribution is -2.58. The normalized spacial score (nSPS) is 23.7. The Morgan fingerprint density at radius 1 is 0.763 bits per heavy atom. The van der Waals surface area contributed by atoms with Gasteiger partial charge in [-0.25, -0.2) is 9.59 Å². The van der Waals surface area contributed by atoms with E-state index in [0.29, 0.717) is 47.1 Å². The van der Waals surface area contributed by atoms with Crippen LogP contribution in [0.2, 0.25) is 0 Å². The molecule has 1 aliphatic carbocycles. The van der Waals surface area contributed by atoms with E-state index in [1.54, 1.807) is 13.0 Å². The standard InChI is InChI=1S/C51H54O8/c1-33(32-52)42-25-22-34-16-18-37(19-17-34)30-39(21-20-36-12-9-13-38(29-36)28-35-10-5-3-6-11-35)31-45(54)57-48-46-43(26-23-40-24-27-44(53)56-47(40)46)59-51(2,49(48)58-50(42)55)41-14-7-4-8-15-41/h3,5-6,9-13,16-19,23-24,26-27,29,39,41,48-49,52H,4,7-8,14-15,20-22,25,28,30-32H2,1-2H3. The van der Waals surface area contributed by atoms with Gasteiger partial charge in [-0.05, 0) is 123 Å². The van der Waals surface area contributed by atoms with Gasteiger partial charge in [0.25, 0.3) is 0 Å². The minimum absolute atomic E-state index is 0.0118. The lowest BCUT2D eigenvalue weighted by molar-refractivity contribution is -0.201. The van der Waals surface area contributed by atoms with Gasteiger partial charge in [-0.2, -0.15) is 0 Å². The molecular weight excluding hydrogens is 741 g/mol. The molecule has 8 nitrogen and oxygen atoms in total. The molecule has 1 aromatic heterocycles. The highest BCUT2D eigenvalue weighted by molar-refractivity contribution is 5.90. The molecule has 1 fully saturated rings. The quantitative estimate of drug-likeness (QED) is 0.0985. The van der Waals surface area contributed by atoms with Gasteiger partial charge in [0.1, 0.15) is 16.9 Å². The number of hydrogen-bond acceptors (Lipinski definition) is 8. The van der Waals surface area contributed by atoms with E-state index in [2.05, 4.69) is 72.8 Å². The monoisotopic (exact) mass is 794 g/mol. The summed E-state index contributed by atoms with van der Waals surface area (Å²) < 4.78 is 26.1. The third kappa shape index (κ3) is 9.08. The summed E-state index contributed by atoms with van der Waals surface area (Å²) in [6, 6.07) is 34.2. The third-order valence-corrected chi connectivity index (χ3v) is 12.9. The van der Waals surface area contributed by atoms with Crippen LogP contribution < -0.4 is 10.4 Å². The number of carbonyl (C=O) groups excluding carboxylic acids is 2. The Kier molecular flexibility index (Phi) is 12.2. The lowest BCUT2D eigenvalue weighted by atomic mass is 9.71. The summed E-state index contributed by atoms with van der Waals surface area (Å²) in [4.78, 5) is 41.9. The second-order valence-corrected chi connectivity index (χ2v) is 17.0. The molecule has 1 saturated carbocycles. The number of esters is 2. The number of hydrogen-bond donors (Lipinski definition) is 1. The van der Waals surface area contributed by atoms with E-state index in [0.717, 1.165) is 62.5 Å². The van der Waals surface area contributed by atoms with E-state index >= 15 is 0 Å². The molecule has 4 atom stereocenters. The molecule has 1 N–H and O–H groups in total. The zero-order valence-corrected chi connectivity index (χ0v) is 34.1. The molecular formula is C51H54O8. The summed E-state index contributed by atoms with van der Waals surface area (Å²) in [6.45, 7) is 3.40. The van der Waals surface area contributed by atoms with E-state index in [1.165, 1.54) is 22.8 Å². The molecule has 3 aliphatic heterocycles. The smallest absolute Gasteiger partial charge is 0.336 e. The fourth-order valence-corrected chi connectivity index (χ4v) is 9.55. The second-order valence-electron chi connectivity index (χ2n) is 17.0. The number of benzene rings is 4. The molecule has 8 heteroatoms. The molecule has 2 bridgehead atoms. The maximum absolute atomic E-state index is 14.6. The predicted octanol–water partition coefficient (Wildman–Crippen LogP) is 9.75. The number of rotatable bonds is 7. The van der Waals surface area contributed by atoms with Crippen LogP contribution in [0.1, 0.15) is 105 Å². The van der Waals surface area contributed by atoms with Crippen molar-refractivity contribution in [3.05, 3.63) is 158 Å². The topological polar surface area (TPSA) is 112 Å². The van der Waals surface area contributed by atoms with E-state index in [-0.39, 0.29) is 30.4 Å². The molecule has 0 amide bonds. The van der Waals surface area contributed by atoms with Crippen LogP contribution in [0.3, 0.4) is 0 Å². The minimum atomic E-state index is -1.13. The summed E-state index contributed by atoms with van der Waals surface area (Å²) in [5.74, 6) is -0.653. The number of aliphatic hydroxyl groups excluding tert-OH is 1. The van der Waals surface area contributed by atoms with Gasteiger partial charge in [-0.1, -0.05) is 98.1 Å². The Morgan fingerprint density at radius 3 is 2.27 bits per heavy atom. The molecule has 4 heterocycles. The van der Waals surface area contributed by atoms with Crippen LogP contribution in [-0.2, 0) is 44.7 Å². The number of aryl methyl sites for hydroxylation is 2. The van der Waals surface area contributed by atoms with Crippen molar-refractivity contribution < 1.29 is 33.3 Å². The molecule has 0 radical (unpaired) electrons. The van der Waals surface area contributed by atoms with Crippen molar-refractivity contribution >= 4 is 22.9 Å². The summed E-state index contributed by atoms with van der Waals surface area (Å²) in [5, 5.41) is 10.9. The molecule has 0 saturated heterocycles. The largest absolute Gasteiger partial charge is 0.483 e. The Bertz CT molecular complexity index is 2370. The first-order valence-corrected chi connectivity index (χ1v) is 21.3. The molecule has 59 heavy (non-hydrogen) atoms.